The number of rotatable bonds is 82. The van der Waals surface area contributed by atoms with Gasteiger partial charge in [-0.3, -0.25) is 37.3 Å². The molecule has 0 aromatic carbocycles. The maximum absolute atomic E-state index is 13.1. The van der Waals surface area contributed by atoms with E-state index < -0.39 is 97.5 Å². The third-order valence-corrected chi connectivity index (χ3v) is 21.5. The Hall–Kier alpha value is -1.94. The maximum atomic E-state index is 13.1. The topological polar surface area (TPSA) is 237 Å². The molecule has 101 heavy (non-hydrogen) atoms. The predicted octanol–water partition coefficient (Wildman–Crippen LogP) is 24.8. The van der Waals surface area contributed by atoms with Crippen LogP contribution in [0.25, 0.3) is 0 Å². The molecule has 0 radical (unpaired) electrons. The predicted molar refractivity (Wildman–Crippen MR) is 414 cm³/mol. The molecular weight excluding hydrogens is 1320 g/mol. The number of unbranched alkanes of at least 4 members (excludes halogenated alkanes) is 53. The van der Waals surface area contributed by atoms with Gasteiger partial charge in [0.25, 0.3) is 0 Å². The minimum Gasteiger partial charge on any atom is -0.462 e. The Morgan fingerprint density at radius 1 is 0.277 bits per heavy atom. The van der Waals surface area contributed by atoms with Crippen LogP contribution >= 0.6 is 15.6 Å². The van der Waals surface area contributed by atoms with Crippen LogP contribution in [0.5, 0.6) is 0 Å². The molecular formula is C82H160O17P2. The van der Waals surface area contributed by atoms with Crippen molar-refractivity contribution in [3.8, 4) is 0 Å². The summed E-state index contributed by atoms with van der Waals surface area (Å²) in [4.78, 5) is 73.0. The van der Waals surface area contributed by atoms with Crippen LogP contribution in [0.1, 0.15) is 439 Å². The molecule has 0 heterocycles. The Balaban J connectivity index is 5.19. The largest absolute Gasteiger partial charge is 0.472 e. The number of aliphatic hydroxyl groups excluding tert-OH is 1. The summed E-state index contributed by atoms with van der Waals surface area (Å²) in [6, 6.07) is 0. The number of ether oxygens (including phenoxy) is 4. The molecule has 17 nitrogen and oxygen atoms in total. The first-order valence-electron chi connectivity index (χ1n) is 42.7. The van der Waals surface area contributed by atoms with E-state index in [4.69, 9.17) is 37.0 Å². The van der Waals surface area contributed by atoms with Crippen LogP contribution in [-0.4, -0.2) is 96.7 Å². The van der Waals surface area contributed by atoms with E-state index in [1.54, 1.807) is 0 Å². The maximum Gasteiger partial charge on any atom is 0.472 e. The van der Waals surface area contributed by atoms with Crippen molar-refractivity contribution in [1.82, 2.24) is 0 Å². The SMILES string of the molecule is CCCCCCCCCCCCCCCCCCCCCCCCC(=O)O[C@H](COC(=O)CCCCCCCCCCCCCCCCCCCC)COP(=O)(O)OC[C@@H](O)COP(=O)(O)OC[C@@H](COC(=O)CCCCCCCCC(C)CC)OC(=O)CCCCCCCCCCCCC. The van der Waals surface area contributed by atoms with Gasteiger partial charge in [-0.25, -0.2) is 9.13 Å². The third kappa shape index (κ3) is 74.7. The standard InChI is InChI=1S/C82H160O17P2/c1-6-10-13-16-19-22-25-27-29-31-33-34-35-36-38-40-42-45-48-51-58-63-68-82(87)98-77(71-92-79(84)65-60-55-49-46-44-41-39-37-32-30-28-26-23-20-17-14-11-7-2)73-96-100(88,89)94-69-76(83)70-95-101(90,91)97-74-78(72-93-80(85)66-61-56-53-52-54-59-64-75(5)9-4)99-81(86)67-62-57-50-47-43-24-21-18-15-12-8-3/h75-78,83H,6-74H2,1-5H3,(H,88,89)(H,90,91)/t75?,76-,77-,78-/m1/s1. The highest BCUT2D eigenvalue weighted by Crippen LogP contribution is 2.45. The lowest BCUT2D eigenvalue weighted by molar-refractivity contribution is -0.161. The van der Waals surface area contributed by atoms with Crippen molar-refractivity contribution in [2.24, 2.45) is 5.92 Å². The highest BCUT2D eigenvalue weighted by atomic mass is 31.2. The molecule has 3 N–H and O–H groups in total. The minimum absolute atomic E-state index is 0.107. The van der Waals surface area contributed by atoms with E-state index in [0.717, 1.165) is 102 Å². The van der Waals surface area contributed by atoms with Gasteiger partial charge in [0.2, 0.25) is 0 Å². The van der Waals surface area contributed by atoms with Crippen LogP contribution in [-0.2, 0) is 65.4 Å². The lowest BCUT2D eigenvalue weighted by atomic mass is 10.00. The monoisotopic (exact) mass is 1480 g/mol. The average molecular weight is 1480 g/mol. The fraction of sp³-hybridized carbons (Fsp3) is 0.951. The summed E-state index contributed by atoms with van der Waals surface area (Å²) in [6.07, 6.45) is 66.8. The number of hydrogen-bond acceptors (Lipinski definition) is 15. The molecule has 3 unspecified atom stereocenters. The Morgan fingerprint density at radius 2 is 0.475 bits per heavy atom. The van der Waals surface area contributed by atoms with Crippen LogP contribution in [0.4, 0.5) is 0 Å². The number of phosphoric ester groups is 2. The van der Waals surface area contributed by atoms with E-state index >= 15 is 0 Å². The summed E-state index contributed by atoms with van der Waals surface area (Å²) in [5.74, 6) is -1.38. The Kier molecular flexibility index (Phi) is 73.5. The molecule has 0 saturated carbocycles. The van der Waals surface area contributed by atoms with Gasteiger partial charge in [0.15, 0.2) is 12.2 Å². The zero-order valence-electron chi connectivity index (χ0n) is 66.1. The molecule has 0 aliphatic heterocycles. The first-order valence-corrected chi connectivity index (χ1v) is 45.7. The zero-order valence-corrected chi connectivity index (χ0v) is 67.8. The summed E-state index contributed by atoms with van der Waals surface area (Å²) in [5, 5.41) is 10.6. The summed E-state index contributed by atoms with van der Waals surface area (Å²) in [7, 11) is -9.92. The van der Waals surface area contributed by atoms with Crippen molar-refractivity contribution >= 4 is 39.5 Å². The van der Waals surface area contributed by atoms with Gasteiger partial charge in [0.05, 0.1) is 26.4 Å². The average Bonchev–Trinajstić information content (AvgIpc) is 0.927. The molecule has 19 heteroatoms. The molecule has 0 aromatic rings. The van der Waals surface area contributed by atoms with Crippen molar-refractivity contribution in [3.05, 3.63) is 0 Å². The van der Waals surface area contributed by atoms with Gasteiger partial charge in [0, 0.05) is 25.7 Å². The van der Waals surface area contributed by atoms with Crippen LogP contribution in [0.2, 0.25) is 0 Å². The smallest absolute Gasteiger partial charge is 0.462 e. The molecule has 0 spiro atoms. The summed E-state index contributed by atoms with van der Waals surface area (Å²) in [6.45, 7) is 7.28. The number of aliphatic hydroxyl groups is 1. The van der Waals surface area contributed by atoms with Gasteiger partial charge < -0.3 is 33.8 Å². The zero-order chi connectivity index (χ0) is 74.1. The number of carbonyl (C=O) groups is 4. The first-order chi connectivity index (χ1) is 49.1. The second kappa shape index (κ2) is 74.9. The van der Waals surface area contributed by atoms with Gasteiger partial charge in [-0.15, -0.1) is 0 Å². The highest BCUT2D eigenvalue weighted by Gasteiger charge is 2.30. The highest BCUT2D eigenvalue weighted by molar-refractivity contribution is 7.47. The van der Waals surface area contributed by atoms with Crippen molar-refractivity contribution in [3.63, 3.8) is 0 Å². The molecule has 0 aliphatic carbocycles. The number of hydrogen-bond donors (Lipinski definition) is 3. The molecule has 6 atom stereocenters. The van der Waals surface area contributed by atoms with Crippen LogP contribution < -0.4 is 0 Å². The molecule has 0 saturated heterocycles. The van der Waals surface area contributed by atoms with E-state index in [9.17, 15) is 43.2 Å². The first kappa shape index (κ1) is 99.1. The Bertz CT molecular complexity index is 1930. The summed E-state index contributed by atoms with van der Waals surface area (Å²) >= 11 is 0. The second-order valence-electron chi connectivity index (χ2n) is 29.8. The fourth-order valence-corrected chi connectivity index (χ4v) is 14.3. The van der Waals surface area contributed by atoms with Gasteiger partial charge in [0.1, 0.15) is 19.3 Å². The lowest BCUT2D eigenvalue weighted by Crippen LogP contribution is -2.30. The van der Waals surface area contributed by atoms with Crippen LogP contribution in [0.15, 0.2) is 0 Å². The molecule has 0 bridgehead atoms. The van der Waals surface area contributed by atoms with Crippen molar-refractivity contribution in [1.29, 1.82) is 0 Å². The number of carbonyl (C=O) groups excluding carboxylic acids is 4. The minimum atomic E-state index is -4.96. The number of esters is 4. The fourth-order valence-electron chi connectivity index (χ4n) is 12.7. The van der Waals surface area contributed by atoms with Gasteiger partial charge >= 0.3 is 39.5 Å². The van der Waals surface area contributed by atoms with Crippen molar-refractivity contribution in [2.45, 2.75) is 457 Å². The lowest BCUT2D eigenvalue weighted by Gasteiger charge is -2.21. The third-order valence-electron chi connectivity index (χ3n) is 19.6. The molecule has 0 rings (SSSR count). The van der Waals surface area contributed by atoms with Crippen molar-refractivity contribution < 1.29 is 80.2 Å². The normalized spacial score (nSPS) is 14.1. The molecule has 0 aliphatic rings. The molecule has 0 amide bonds. The quantitative estimate of drug-likeness (QED) is 0.0222. The molecule has 0 fully saturated rings. The van der Waals surface area contributed by atoms with Crippen LogP contribution in [0.3, 0.4) is 0 Å². The van der Waals surface area contributed by atoms with E-state index in [1.807, 2.05) is 0 Å². The molecule has 0 aromatic heterocycles. The van der Waals surface area contributed by atoms with Gasteiger partial charge in [-0.05, 0) is 31.6 Å². The van der Waals surface area contributed by atoms with E-state index in [-0.39, 0.29) is 25.7 Å². The summed E-state index contributed by atoms with van der Waals surface area (Å²) < 4.78 is 68.7. The second-order valence-corrected chi connectivity index (χ2v) is 32.7. The van der Waals surface area contributed by atoms with Crippen molar-refractivity contribution in [2.75, 3.05) is 39.6 Å². The van der Waals surface area contributed by atoms with Crippen LogP contribution in [0, 0.1) is 5.92 Å². The van der Waals surface area contributed by atoms with Gasteiger partial charge in [-0.2, -0.15) is 0 Å². The van der Waals surface area contributed by atoms with E-state index in [2.05, 4.69) is 34.6 Å². The Morgan fingerprint density at radius 3 is 0.703 bits per heavy atom. The van der Waals surface area contributed by atoms with E-state index in [1.165, 1.54) is 257 Å². The molecule has 600 valence electrons. The number of phosphoric acid groups is 2. The van der Waals surface area contributed by atoms with E-state index in [0.29, 0.717) is 25.7 Å². The Labute approximate surface area is 619 Å². The van der Waals surface area contributed by atoms with Gasteiger partial charge in [-0.1, -0.05) is 388 Å². The summed E-state index contributed by atoms with van der Waals surface area (Å²) in [5.41, 5.74) is 0.